The van der Waals surface area contributed by atoms with E-state index in [1.54, 1.807) is 12.1 Å². The lowest BCUT2D eigenvalue weighted by molar-refractivity contribution is 0.393. The zero-order valence-electron chi connectivity index (χ0n) is 10.1. The number of hydrogen-bond donors (Lipinski definition) is 1. The van der Waals surface area contributed by atoms with E-state index in [2.05, 4.69) is 15.9 Å². The number of nitrogens with zero attached hydrogens (tertiary/aromatic N) is 1. The highest BCUT2D eigenvalue weighted by molar-refractivity contribution is 9.10. The molecule has 1 atom stereocenters. The Morgan fingerprint density at radius 1 is 1.47 bits per heavy atom. The highest BCUT2D eigenvalue weighted by atomic mass is 79.9. The predicted octanol–water partition coefficient (Wildman–Crippen LogP) is 2.64. The van der Waals surface area contributed by atoms with Crippen LogP contribution in [-0.2, 0) is 10.0 Å². The Kier molecular flexibility index (Phi) is 6.10. The van der Waals surface area contributed by atoms with Crippen LogP contribution in [0.3, 0.4) is 0 Å². The Bertz CT molecular complexity index is 554. The first-order valence-corrected chi connectivity index (χ1v) is 8.25. The van der Waals surface area contributed by atoms with Crippen LogP contribution in [0, 0.1) is 0 Å². The van der Waals surface area contributed by atoms with Crippen LogP contribution in [0.25, 0.3) is 0 Å². The van der Waals surface area contributed by atoms with Crippen LogP contribution in [0.5, 0.6) is 0 Å². The SMILES string of the molecule is Cl.NCC1CCCN1S(=O)(=O)c1ccc(Br)c(Cl)c1. The summed E-state index contributed by atoms with van der Waals surface area (Å²) in [6, 6.07) is 4.56. The molecule has 1 unspecified atom stereocenters. The first-order chi connectivity index (χ1) is 8.46. The van der Waals surface area contributed by atoms with Gasteiger partial charge in [0, 0.05) is 23.6 Å². The van der Waals surface area contributed by atoms with Crippen LogP contribution in [0.2, 0.25) is 5.02 Å². The maximum atomic E-state index is 12.5. The number of sulfonamides is 1. The molecule has 0 aliphatic carbocycles. The summed E-state index contributed by atoms with van der Waals surface area (Å²) in [4.78, 5) is 0.219. The van der Waals surface area contributed by atoms with Crippen molar-refractivity contribution in [2.24, 2.45) is 5.73 Å². The molecular weight excluding hydrogens is 375 g/mol. The van der Waals surface area contributed by atoms with Crippen molar-refractivity contribution in [3.05, 3.63) is 27.7 Å². The van der Waals surface area contributed by atoms with Crippen molar-refractivity contribution < 1.29 is 8.42 Å². The molecule has 8 heteroatoms. The van der Waals surface area contributed by atoms with Gasteiger partial charge in [0.1, 0.15) is 0 Å². The fraction of sp³-hybridized carbons (Fsp3) is 0.455. The van der Waals surface area contributed by atoms with E-state index < -0.39 is 10.0 Å². The summed E-state index contributed by atoms with van der Waals surface area (Å²) < 4.78 is 27.1. The normalized spacial score (nSPS) is 20.3. The molecule has 108 valence electrons. The second kappa shape index (κ2) is 6.74. The minimum atomic E-state index is -3.49. The Morgan fingerprint density at radius 3 is 2.74 bits per heavy atom. The molecule has 0 saturated carbocycles. The van der Waals surface area contributed by atoms with Crippen LogP contribution in [0.1, 0.15) is 12.8 Å². The van der Waals surface area contributed by atoms with Gasteiger partial charge in [-0.1, -0.05) is 11.6 Å². The molecule has 0 amide bonds. The van der Waals surface area contributed by atoms with Crippen molar-refractivity contribution in [1.82, 2.24) is 4.31 Å². The molecule has 19 heavy (non-hydrogen) atoms. The lowest BCUT2D eigenvalue weighted by Crippen LogP contribution is -2.39. The van der Waals surface area contributed by atoms with Crippen molar-refractivity contribution in [3.8, 4) is 0 Å². The van der Waals surface area contributed by atoms with E-state index in [1.807, 2.05) is 0 Å². The summed E-state index contributed by atoms with van der Waals surface area (Å²) in [6.45, 7) is 0.876. The van der Waals surface area contributed by atoms with E-state index in [4.69, 9.17) is 17.3 Å². The van der Waals surface area contributed by atoms with Crippen LogP contribution >= 0.6 is 39.9 Å². The molecule has 1 fully saturated rings. The second-order valence-electron chi connectivity index (χ2n) is 4.22. The van der Waals surface area contributed by atoms with Gasteiger partial charge in [-0.25, -0.2) is 8.42 Å². The van der Waals surface area contributed by atoms with Gasteiger partial charge in [-0.05, 0) is 47.0 Å². The Hall–Kier alpha value is 0.150. The zero-order valence-corrected chi connectivity index (χ0v) is 14.0. The molecule has 0 radical (unpaired) electrons. The monoisotopic (exact) mass is 388 g/mol. The van der Waals surface area contributed by atoms with Gasteiger partial charge in [0.15, 0.2) is 0 Å². The molecular formula is C11H15BrCl2N2O2S. The van der Waals surface area contributed by atoms with E-state index >= 15 is 0 Å². The van der Waals surface area contributed by atoms with Crippen molar-refractivity contribution >= 4 is 50.0 Å². The molecule has 0 aromatic heterocycles. The fourth-order valence-electron chi connectivity index (χ4n) is 2.13. The average molecular weight is 390 g/mol. The van der Waals surface area contributed by atoms with Crippen LogP contribution in [0.15, 0.2) is 27.6 Å². The van der Waals surface area contributed by atoms with E-state index in [1.165, 1.54) is 10.4 Å². The maximum absolute atomic E-state index is 12.5. The summed E-state index contributed by atoms with van der Waals surface area (Å²) in [7, 11) is -3.49. The van der Waals surface area contributed by atoms with Gasteiger partial charge < -0.3 is 5.73 Å². The van der Waals surface area contributed by atoms with Crippen molar-refractivity contribution in [1.29, 1.82) is 0 Å². The molecule has 1 aromatic carbocycles. The van der Waals surface area contributed by atoms with Crippen molar-refractivity contribution in [3.63, 3.8) is 0 Å². The fourth-order valence-corrected chi connectivity index (χ4v) is 4.36. The predicted molar refractivity (Wildman–Crippen MR) is 82.4 cm³/mol. The number of benzene rings is 1. The lowest BCUT2D eigenvalue weighted by Gasteiger charge is -2.22. The molecule has 0 bridgehead atoms. The molecule has 1 heterocycles. The topological polar surface area (TPSA) is 63.4 Å². The molecule has 2 N–H and O–H groups in total. The molecule has 1 saturated heterocycles. The minimum Gasteiger partial charge on any atom is -0.329 e. The maximum Gasteiger partial charge on any atom is 0.243 e. The van der Waals surface area contributed by atoms with Gasteiger partial charge in [0.05, 0.1) is 9.92 Å². The lowest BCUT2D eigenvalue weighted by atomic mass is 10.2. The first-order valence-electron chi connectivity index (χ1n) is 5.64. The van der Waals surface area contributed by atoms with Gasteiger partial charge in [-0.3, -0.25) is 0 Å². The Balaban J connectivity index is 0.00000180. The summed E-state index contributed by atoms with van der Waals surface area (Å²) in [5, 5.41) is 0.388. The highest BCUT2D eigenvalue weighted by Crippen LogP contribution is 2.30. The molecule has 2 rings (SSSR count). The number of hydrogen-bond acceptors (Lipinski definition) is 3. The standard InChI is InChI=1S/C11H14BrClN2O2S.ClH/c12-10-4-3-9(6-11(10)13)18(16,17)15-5-1-2-8(15)7-14;/h3-4,6,8H,1-2,5,7,14H2;1H. The number of rotatable bonds is 3. The third-order valence-corrected chi connectivity index (χ3v) is 6.27. The van der Waals surface area contributed by atoms with Gasteiger partial charge in [-0.2, -0.15) is 4.31 Å². The highest BCUT2D eigenvalue weighted by Gasteiger charge is 2.34. The van der Waals surface area contributed by atoms with E-state index in [9.17, 15) is 8.42 Å². The average Bonchev–Trinajstić information content (AvgIpc) is 2.81. The quantitative estimate of drug-likeness (QED) is 0.864. The Morgan fingerprint density at radius 2 is 2.16 bits per heavy atom. The van der Waals surface area contributed by atoms with Crippen LogP contribution in [0.4, 0.5) is 0 Å². The Labute approximate surface area is 132 Å². The van der Waals surface area contributed by atoms with Gasteiger partial charge in [0.25, 0.3) is 0 Å². The largest absolute Gasteiger partial charge is 0.329 e. The van der Waals surface area contributed by atoms with E-state index in [-0.39, 0.29) is 23.3 Å². The molecule has 1 aliphatic rings. The summed E-state index contributed by atoms with van der Waals surface area (Å²) >= 11 is 9.19. The second-order valence-corrected chi connectivity index (χ2v) is 7.38. The summed E-state index contributed by atoms with van der Waals surface area (Å²) in [6.07, 6.45) is 1.67. The third kappa shape index (κ3) is 3.43. The van der Waals surface area contributed by atoms with Gasteiger partial charge >= 0.3 is 0 Å². The summed E-state index contributed by atoms with van der Waals surface area (Å²) in [5.74, 6) is 0. The third-order valence-electron chi connectivity index (χ3n) is 3.09. The zero-order chi connectivity index (χ0) is 13.3. The van der Waals surface area contributed by atoms with Gasteiger partial charge in [0.2, 0.25) is 10.0 Å². The molecule has 4 nitrogen and oxygen atoms in total. The number of halogens is 3. The van der Waals surface area contributed by atoms with Crippen molar-refractivity contribution in [2.45, 2.75) is 23.8 Å². The smallest absolute Gasteiger partial charge is 0.243 e. The van der Waals surface area contributed by atoms with Crippen molar-refractivity contribution in [2.75, 3.05) is 13.1 Å². The summed E-state index contributed by atoms with van der Waals surface area (Å²) in [5.41, 5.74) is 5.61. The minimum absolute atomic E-state index is 0. The number of nitrogens with two attached hydrogens (primary N) is 1. The van der Waals surface area contributed by atoms with E-state index in [0.29, 0.717) is 22.6 Å². The first kappa shape index (κ1) is 17.2. The molecule has 0 spiro atoms. The molecule has 1 aliphatic heterocycles. The van der Waals surface area contributed by atoms with Crippen LogP contribution in [-0.4, -0.2) is 31.9 Å². The van der Waals surface area contributed by atoms with Gasteiger partial charge in [-0.15, -0.1) is 12.4 Å². The molecule has 1 aromatic rings. The van der Waals surface area contributed by atoms with E-state index in [0.717, 1.165) is 12.8 Å². The van der Waals surface area contributed by atoms with Crippen LogP contribution < -0.4 is 5.73 Å².